The maximum atomic E-state index is 14.3. The summed E-state index contributed by atoms with van der Waals surface area (Å²) >= 11 is 0. The van der Waals surface area contributed by atoms with E-state index in [0.29, 0.717) is 22.4 Å². The number of hydrogen-bond acceptors (Lipinski definition) is 3. The molecular weight excluding hydrogens is 262 g/mol. The summed E-state index contributed by atoms with van der Waals surface area (Å²) in [6, 6.07) is 6.06. The number of nitrogens with two attached hydrogens (primary N) is 1. The normalized spacial score (nSPS) is 11.2. The van der Waals surface area contributed by atoms with Crippen LogP contribution in [-0.4, -0.2) is 14.5 Å². The van der Waals surface area contributed by atoms with E-state index < -0.39 is 11.6 Å². The number of aromatic nitrogens is 3. The Kier molecular flexibility index (Phi) is 2.67. The van der Waals surface area contributed by atoms with Crippen molar-refractivity contribution in [3.63, 3.8) is 0 Å². The van der Waals surface area contributed by atoms with Crippen LogP contribution < -0.4 is 5.73 Å². The topological polar surface area (TPSA) is 56.7 Å². The predicted octanol–water partition coefficient (Wildman–Crippen LogP) is 2.90. The molecule has 3 aromatic rings. The van der Waals surface area contributed by atoms with Gasteiger partial charge in [0.25, 0.3) is 0 Å². The number of nitrogen functional groups attached to an aromatic ring is 1. The first kappa shape index (κ1) is 12.5. The van der Waals surface area contributed by atoms with Crippen molar-refractivity contribution in [1.82, 2.24) is 14.5 Å². The summed E-state index contributed by atoms with van der Waals surface area (Å²) in [5.41, 5.74) is 7.43. The minimum atomic E-state index is -0.706. The van der Waals surface area contributed by atoms with E-state index in [4.69, 9.17) is 5.73 Å². The number of imidazole rings is 1. The fourth-order valence-electron chi connectivity index (χ4n) is 2.14. The summed E-state index contributed by atoms with van der Waals surface area (Å²) in [6.45, 7) is 3.35. The molecule has 102 valence electrons. The molecule has 0 saturated carbocycles. The molecule has 0 amide bonds. The quantitative estimate of drug-likeness (QED) is 0.742. The van der Waals surface area contributed by atoms with Crippen LogP contribution in [0.5, 0.6) is 0 Å². The third-order valence-electron chi connectivity index (χ3n) is 3.15. The van der Waals surface area contributed by atoms with Crippen molar-refractivity contribution in [2.45, 2.75) is 13.8 Å². The van der Waals surface area contributed by atoms with E-state index in [9.17, 15) is 8.78 Å². The lowest BCUT2D eigenvalue weighted by atomic mass is 10.2. The van der Waals surface area contributed by atoms with Gasteiger partial charge in [-0.2, -0.15) is 0 Å². The second-order valence-electron chi connectivity index (χ2n) is 4.63. The van der Waals surface area contributed by atoms with Crippen molar-refractivity contribution in [3.05, 3.63) is 47.2 Å². The lowest BCUT2D eigenvalue weighted by molar-refractivity contribution is 0.565. The summed E-state index contributed by atoms with van der Waals surface area (Å²) in [6.07, 6.45) is 0. The molecule has 0 unspecified atom stereocenters. The number of halogens is 2. The standard InChI is InChI=1S/C14H12F2N4/c1-7-3-5-9(15)12(11(7)16)20-13-10(19-14(20)17)6-4-8(2)18-13/h3-6H,1-2H3,(H2,17,19). The van der Waals surface area contributed by atoms with E-state index in [1.54, 1.807) is 26.0 Å². The van der Waals surface area contributed by atoms with Gasteiger partial charge in [0.2, 0.25) is 5.95 Å². The average Bonchev–Trinajstić information content (AvgIpc) is 2.71. The zero-order valence-corrected chi connectivity index (χ0v) is 11.0. The number of benzene rings is 1. The van der Waals surface area contributed by atoms with Crippen molar-refractivity contribution in [2.24, 2.45) is 0 Å². The maximum Gasteiger partial charge on any atom is 0.207 e. The number of anilines is 1. The Labute approximate surface area is 113 Å². The van der Waals surface area contributed by atoms with Gasteiger partial charge in [0.1, 0.15) is 17.0 Å². The summed E-state index contributed by atoms with van der Waals surface area (Å²) in [5.74, 6) is -1.37. The number of nitrogens with zero attached hydrogens (tertiary/aromatic N) is 3. The third-order valence-corrected chi connectivity index (χ3v) is 3.15. The third kappa shape index (κ3) is 1.72. The van der Waals surface area contributed by atoms with E-state index in [-0.39, 0.29) is 11.6 Å². The van der Waals surface area contributed by atoms with Gasteiger partial charge in [0.15, 0.2) is 11.5 Å². The van der Waals surface area contributed by atoms with Crippen LogP contribution in [0.1, 0.15) is 11.3 Å². The van der Waals surface area contributed by atoms with E-state index >= 15 is 0 Å². The molecule has 0 spiro atoms. The highest BCUT2D eigenvalue weighted by Gasteiger charge is 2.19. The minimum Gasteiger partial charge on any atom is -0.369 e. The predicted molar refractivity (Wildman–Crippen MR) is 72.7 cm³/mol. The minimum absolute atomic E-state index is 0.00139. The molecular formula is C14H12F2N4. The van der Waals surface area contributed by atoms with Gasteiger partial charge in [0, 0.05) is 5.69 Å². The molecule has 4 nitrogen and oxygen atoms in total. The van der Waals surface area contributed by atoms with Gasteiger partial charge in [-0.25, -0.2) is 18.7 Å². The average molecular weight is 274 g/mol. The highest BCUT2D eigenvalue weighted by atomic mass is 19.1. The fourth-order valence-corrected chi connectivity index (χ4v) is 2.14. The van der Waals surface area contributed by atoms with Crippen LogP contribution in [0.3, 0.4) is 0 Å². The van der Waals surface area contributed by atoms with Gasteiger partial charge < -0.3 is 5.73 Å². The molecule has 0 fully saturated rings. The molecule has 2 N–H and O–H groups in total. The second-order valence-corrected chi connectivity index (χ2v) is 4.63. The number of pyridine rings is 1. The maximum absolute atomic E-state index is 14.3. The summed E-state index contributed by atoms with van der Waals surface area (Å²) in [7, 11) is 0. The molecule has 0 atom stereocenters. The smallest absolute Gasteiger partial charge is 0.207 e. The number of rotatable bonds is 1. The largest absolute Gasteiger partial charge is 0.369 e. The number of aryl methyl sites for hydroxylation is 2. The van der Waals surface area contributed by atoms with Gasteiger partial charge in [-0.1, -0.05) is 6.07 Å². The van der Waals surface area contributed by atoms with E-state index in [0.717, 1.165) is 0 Å². The monoisotopic (exact) mass is 274 g/mol. The molecule has 2 aromatic heterocycles. The Balaban J connectivity index is 2.44. The zero-order valence-electron chi connectivity index (χ0n) is 11.0. The van der Waals surface area contributed by atoms with Crippen molar-refractivity contribution < 1.29 is 8.78 Å². The highest BCUT2D eigenvalue weighted by molar-refractivity contribution is 5.77. The Morgan fingerprint density at radius 3 is 2.55 bits per heavy atom. The summed E-state index contributed by atoms with van der Waals surface area (Å²) < 4.78 is 29.5. The molecule has 0 aliphatic carbocycles. The molecule has 1 aromatic carbocycles. The molecule has 6 heteroatoms. The molecule has 3 rings (SSSR count). The Bertz CT molecular complexity index is 824. The lowest BCUT2D eigenvalue weighted by Gasteiger charge is -2.10. The summed E-state index contributed by atoms with van der Waals surface area (Å²) in [4.78, 5) is 8.36. The van der Waals surface area contributed by atoms with Crippen molar-refractivity contribution in [1.29, 1.82) is 0 Å². The van der Waals surface area contributed by atoms with Crippen molar-refractivity contribution in [2.75, 3.05) is 5.73 Å². The first-order valence-corrected chi connectivity index (χ1v) is 6.05. The molecule has 0 aliphatic heterocycles. The molecule has 2 heterocycles. The van der Waals surface area contributed by atoms with Crippen molar-refractivity contribution >= 4 is 17.1 Å². The van der Waals surface area contributed by atoms with Crippen molar-refractivity contribution in [3.8, 4) is 5.69 Å². The SMILES string of the molecule is Cc1ccc2nc(N)n(-c3c(F)ccc(C)c3F)c2n1. The van der Waals surface area contributed by atoms with Gasteiger partial charge in [-0.05, 0) is 37.6 Å². The first-order chi connectivity index (χ1) is 9.49. The van der Waals surface area contributed by atoms with Crippen LogP contribution in [0.2, 0.25) is 0 Å². The van der Waals surface area contributed by atoms with Crippen LogP contribution in [0, 0.1) is 25.5 Å². The van der Waals surface area contributed by atoms with Crippen LogP contribution >= 0.6 is 0 Å². The molecule has 0 saturated heterocycles. The van der Waals surface area contributed by atoms with Gasteiger partial charge in [-0.3, -0.25) is 4.57 Å². The molecule has 0 radical (unpaired) electrons. The zero-order chi connectivity index (χ0) is 14.4. The first-order valence-electron chi connectivity index (χ1n) is 6.05. The molecule has 0 aliphatic rings. The van der Waals surface area contributed by atoms with E-state index in [1.807, 2.05) is 0 Å². The van der Waals surface area contributed by atoms with Gasteiger partial charge in [-0.15, -0.1) is 0 Å². The van der Waals surface area contributed by atoms with Crippen LogP contribution in [0.4, 0.5) is 14.7 Å². The van der Waals surface area contributed by atoms with E-state index in [2.05, 4.69) is 9.97 Å². The highest BCUT2D eigenvalue weighted by Crippen LogP contribution is 2.27. The van der Waals surface area contributed by atoms with Crippen LogP contribution in [0.15, 0.2) is 24.3 Å². The number of fused-ring (bicyclic) bond motifs is 1. The molecule has 20 heavy (non-hydrogen) atoms. The second kappa shape index (κ2) is 4.26. The van der Waals surface area contributed by atoms with Crippen LogP contribution in [0.25, 0.3) is 16.9 Å². The summed E-state index contributed by atoms with van der Waals surface area (Å²) in [5, 5.41) is 0. The Morgan fingerprint density at radius 2 is 1.80 bits per heavy atom. The van der Waals surface area contributed by atoms with Gasteiger partial charge in [0.05, 0.1) is 0 Å². The molecule has 0 bridgehead atoms. The Morgan fingerprint density at radius 1 is 1.05 bits per heavy atom. The van der Waals surface area contributed by atoms with E-state index in [1.165, 1.54) is 16.7 Å². The van der Waals surface area contributed by atoms with Gasteiger partial charge >= 0.3 is 0 Å². The number of hydrogen-bond donors (Lipinski definition) is 1. The lowest BCUT2D eigenvalue weighted by Crippen LogP contribution is -2.07. The fraction of sp³-hybridized carbons (Fsp3) is 0.143. The Hall–Kier alpha value is -2.50. The van der Waals surface area contributed by atoms with Crippen LogP contribution in [-0.2, 0) is 0 Å².